The monoisotopic (exact) mass is 286 g/mol. The number of carbonyl (C=O) groups is 2. The van der Waals surface area contributed by atoms with Gasteiger partial charge < -0.3 is 9.73 Å². The lowest BCUT2D eigenvalue weighted by atomic mass is 10.1. The topological polar surface area (TPSA) is 62.6 Å². The third-order valence-electron chi connectivity index (χ3n) is 3.00. The quantitative estimate of drug-likeness (QED) is 0.829. The van der Waals surface area contributed by atoms with Crippen molar-refractivity contribution < 1.29 is 14.0 Å². The number of likely N-dealkylation sites (N-methyl/N-ethyl adjacent to an activating group) is 1. The Hall–Kier alpha value is -2.40. The predicted molar refractivity (Wildman–Crippen MR) is 80.1 cm³/mol. The van der Waals surface area contributed by atoms with E-state index in [-0.39, 0.29) is 18.2 Å². The van der Waals surface area contributed by atoms with Crippen LogP contribution in [0.25, 0.3) is 0 Å². The molecule has 5 nitrogen and oxygen atoms in total. The van der Waals surface area contributed by atoms with Crippen molar-refractivity contribution in [2.45, 2.75) is 13.5 Å². The van der Waals surface area contributed by atoms with Gasteiger partial charge >= 0.3 is 0 Å². The molecular weight excluding hydrogens is 268 g/mol. The zero-order valence-electron chi connectivity index (χ0n) is 12.1. The fourth-order valence-corrected chi connectivity index (χ4v) is 2.06. The van der Waals surface area contributed by atoms with E-state index in [4.69, 9.17) is 4.42 Å². The van der Waals surface area contributed by atoms with Gasteiger partial charge in [-0.15, -0.1) is 0 Å². The molecule has 0 saturated carbocycles. The minimum Gasteiger partial charge on any atom is -0.468 e. The zero-order chi connectivity index (χ0) is 15.2. The second kappa shape index (κ2) is 6.85. The number of furan rings is 1. The Morgan fingerprint density at radius 3 is 2.62 bits per heavy atom. The number of para-hydroxylation sites is 1. The Labute approximate surface area is 123 Å². The van der Waals surface area contributed by atoms with Crippen LogP contribution < -0.4 is 5.32 Å². The molecule has 0 fully saturated rings. The number of Topliss-reactive ketones (excluding diaryl/α,β-unsaturated/α-hetero) is 1. The average Bonchev–Trinajstić information content (AvgIpc) is 2.91. The summed E-state index contributed by atoms with van der Waals surface area (Å²) in [5, 5.41) is 2.77. The summed E-state index contributed by atoms with van der Waals surface area (Å²) in [6.07, 6.45) is 1.60. The summed E-state index contributed by atoms with van der Waals surface area (Å²) in [6.45, 7) is 2.25. The molecule has 2 rings (SSSR count). The molecule has 0 aliphatic rings. The van der Waals surface area contributed by atoms with E-state index in [0.29, 0.717) is 17.8 Å². The van der Waals surface area contributed by atoms with Gasteiger partial charge in [0.15, 0.2) is 5.78 Å². The van der Waals surface area contributed by atoms with Crippen molar-refractivity contribution in [3.63, 3.8) is 0 Å². The molecule has 1 amide bonds. The van der Waals surface area contributed by atoms with E-state index < -0.39 is 0 Å². The summed E-state index contributed by atoms with van der Waals surface area (Å²) in [4.78, 5) is 25.4. The van der Waals surface area contributed by atoms with Gasteiger partial charge in [-0.05, 0) is 38.2 Å². The fraction of sp³-hybridized carbons (Fsp3) is 0.250. The standard InChI is InChI=1S/C16H18N2O3/c1-12(19)14-7-3-4-8-15(14)17-16(20)11-18(2)10-13-6-5-9-21-13/h3-9H,10-11H2,1-2H3,(H,17,20). The minimum atomic E-state index is -0.169. The van der Waals surface area contributed by atoms with Crippen molar-refractivity contribution in [2.24, 2.45) is 0 Å². The summed E-state index contributed by atoms with van der Waals surface area (Å²) in [5.41, 5.74) is 1.06. The summed E-state index contributed by atoms with van der Waals surface area (Å²) in [7, 11) is 1.83. The fourth-order valence-electron chi connectivity index (χ4n) is 2.06. The number of benzene rings is 1. The minimum absolute atomic E-state index is 0.0742. The number of hydrogen-bond acceptors (Lipinski definition) is 4. The molecule has 5 heteroatoms. The molecule has 0 unspecified atom stereocenters. The lowest BCUT2D eigenvalue weighted by Crippen LogP contribution is -2.30. The van der Waals surface area contributed by atoms with E-state index in [1.807, 2.05) is 24.1 Å². The zero-order valence-corrected chi connectivity index (χ0v) is 12.1. The Bertz CT molecular complexity index is 620. The van der Waals surface area contributed by atoms with Crippen molar-refractivity contribution in [2.75, 3.05) is 18.9 Å². The van der Waals surface area contributed by atoms with Gasteiger partial charge in [0.2, 0.25) is 5.91 Å². The first-order chi connectivity index (χ1) is 10.1. The molecule has 0 aliphatic heterocycles. The summed E-state index contributed by atoms with van der Waals surface area (Å²) in [5.74, 6) is 0.557. The Balaban J connectivity index is 1.94. The van der Waals surface area contributed by atoms with Crippen LogP contribution in [0, 0.1) is 0 Å². The molecule has 1 aromatic heterocycles. The predicted octanol–water partition coefficient (Wildman–Crippen LogP) is 2.55. The van der Waals surface area contributed by atoms with Gasteiger partial charge in [0.25, 0.3) is 0 Å². The molecule has 0 atom stereocenters. The van der Waals surface area contributed by atoms with Crippen LogP contribution in [0.1, 0.15) is 23.0 Å². The molecule has 2 aromatic rings. The number of nitrogens with zero attached hydrogens (tertiary/aromatic N) is 1. The van der Waals surface area contributed by atoms with E-state index >= 15 is 0 Å². The van der Waals surface area contributed by atoms with Crippen molar-refractivity contribution in [3.05, 3.63) is 54.0 Å². The highest BCUT2D eigenvalue weighted by Crippen LogP contribution is 2.15. The van der Waals surface area contributed by atoms with Crippen LogP contribution in [0.15, 0.2) is 47.1 Å². The van der Waals surface area contributed by atoms with Gasteiger partial charge in [-0.25, -0.2) is 0 Å². The van der Waals surface area contributed by atoms with Crippen molar-refractivity contribution >= 4 is 17.4 Å². The molecule has 0 aliphatic carbocycles. The number of rotatable bonds is 6. The highest BCUT2D eigenvalue weighted by atomic mass is 16.3. The first kappa shape index (κ1) is 15.0. The maximum absolute atomic E-state index is 12.0. The normalized spacial score (nSPS) is 10.6. The molecule has 110 valence electrons. The number of hydrogen-bond donors (Lipinski definition) is 1. The number of ketones is 1. The molecule has 21 heavy (non-hydrogen) atoms. The SMILES string of the molecule is CC(=O)c1ccccc1NC(=O)CN(C)Cc1ccco1. The molecule has 1 heterocycles. The van der Waals surface area contributed by atoms with Crippen LogP contribution in [0.3, 0.4) is 0 Å². The number of nitrogens with one attached hydrogen (secondary N) is 1. The Morgan fingerprint density at radius 1 is 1.19 bits per heavy atom. The first-order valence-electron chi connectivity index (χ1n) is 6.67. The smallest absolute Gasteiger partial charge is 0.238 e. The molecule has 0 radical (unpaired) electrons. The lowest BCUT2D eigenvalue weighted by molar-refractivity contribution is -0.117. The third kappa shape index (κ3) is 4.29. The van der Waals surface area contributed by atoms with E-state index in [2.05, 4.69) is 5.32 Å². The Morgan fingerprint density at radius 2 is 1.95 bits per heavy atom. The number of carbonyl (C=O) groups excluding carboxylic acids is 2. The van der Waals surface area contributed by atoms with Crippen molar-refractivity contribution in [1.29, 1.82) is 0 Å². The number of anilines is 1. The summed E-state index contributed by atoms with van der Waals surface area (Å²) in [6, 6.07) is 10.7. The van der Waals surface area contributed by atoms with E-state index in [1.165, 1.54) is 6.92 Å². The van der Waals surface area contributed by atoms with Gasteiger partial charge in [0.1, 0.15) is 5.76 Å². The number of amides is 1. The Kier molecular flexibility index (Phi) is 4.90. The molecule has 0 bridgehead atoms. The van der Waals surface area contributed by atoms with E-state index in [1.54, 1.807) is 30.5 Å². The van der Waals surface area contributed by atoms with Gasteiger partial charge in [-0.3, -0.25) is 14.5 Å². The van der Waals surface area contributed by atoms with Gasteiger partial charge in [-0.2, -0.15) is 0 Å². The third-order valence-corrected chi connectivity index (χ3v) is 3.00. The summed E-state index contributed by atoms with van der Waals surface area (Å²) < 4.78 is 5.24. The first-order valence-corrected chi connectivity index (χ1v) is 6.67. The van der Waals surface area contributed by atoms with E-state index in [9.17, 15) is 9.59 Å². The van der Waals surface area contributed by atoms with Crippen LogP contribution in [-0.2, 0) is 11.3 Å². The van der Waals surface area contributed by atoms with Gasteiger partial charge in [0, 0.05) is 5.56 Å². The second-order valence-electron chi connectivity index (χ2n) is 4.90. The molecular formula is C16H18N2O3. The second-order valence-corrected chi connectivity index (χ2v) is 4.90. The molecule has 0 spiro atoms. The van der Waals surface area contributed by atoms with Crippen LogP contribution >= 0.6 is 0 Å². The van der Waals surface area contributed by atoms with Crippen LogP contribution in [0.4, 0.5) is 5.69 Å². The van der Waals surface area contributed by atoms with Crippen LogP contribution in [-0.4, -0.2) is 30.2 Å². The maximum atomic E-state index is 12.0. The highest BCUT2D eigenvalue weighted by Gasteiger charge is 2.12. The maximum Gasteiger partial charge on any atom is 0.238 e. The van der Waals surface area contributed by atoms with E-state index in [0.717, 1.165) is 5.76 Å². The molecule has 1 N–H and O–H groups in total. The van der Waals surface area contributed by atoms with Gasteiger partial charge in [-0.1, -0.05) is 12.1 Å². The van der Waals surface area contributed by atoms with Crippen LogP contribution in [0.5, 0.6) is 0 Å². The van der Waals surface area contributed by atoms with Gasteiger partial charge in [0.05, 0.1) is 25.0 Å². The van der Waals surface area contributed by atoms with Crippen LogP contribution in [0.2, 0.25) is 0 Å². The average molecular weight is 286 g/mol. The highest BCUT2D eigenvalue weighted by molar-refractivity contribution is 6.04. The molecule has 0 saturated heterocycles. The largest absolute Gasteiger partial charge is 0.468 e. The summed E-state index contributed by atoms with van der Waals surface area (Å²) >= 11 is 0. The van der Waals surface area contributed by atoms with Crippen molar-refractivity contribution in [3.8, 4) is 0 Å². The lowest BCUT2D eigenvalue weighted by Gasteiger charge is -2.15. The molecule has 1 aromatic carbocycles. The van der Waals surface area contributed by atoms with Crippen molar-refractivity contribution in [1.82, 2.24) is 4.90 Å².